The Morgan fingerprint density at radius 1 is 1.30 bits per heavy atom. The molecule has 1 aliphatic heterocycles. The lowest BCUT2D eigenvalue weighted by molar-refractivity contribution is 0.157. The van der Waals surface area contributed by atoms with Crippen molar-refractivity contribution in [2.24, 2.45) is 5.73 Å². The Morgan fingerprint density at radius 2 is 1.90 bits per heavy atom. The molecule has 1 saturated heterocycles. The second kappa shape index (κ2) is 6.27. The summed E-state index contributed by atoms with van der Waals surface area (Å²) in [6.07, 6.45) is 1.86. The smallest absolute Gasteiger partial charge is 0.317 e. The topological polar surface area (TPSA) is 58.4 Å². The lowest BCUT2D eigenvalue weighted by Crippen LogP contribution is -2.52. The Labute approximate surface area is 121 Å². The minimum Gasteiger partial charge on any atom is -0.336 e. The molecule has 4 nitrogen and oxygen atoms in total. The zero-order valence-electron chi connectivity index (χ0n) is 12.4. The predicted octanol–water partition coefficient (Wildman–Crippen LogP) is 2.10. The highest BCUT2D eigenvalue weighted by molar-refractivity contribution is 5.74. The summed E-state index contributed by atoms with van der Waals surface area (Å²) in [5.41, 5.74) is 7.37. The molecule has 1 heterocycles. The Kier molecular flexibility index (Phi) is 4.65. The number of hydrogen-bond acceptors (Lipinski definition) is 2. The van der Waals surface area contributed by atoms with Crippen molar-refractivity contribution >= 4 is 6.03 Å². The van der Waals surface area contributed by atoms with Gasteiger partial charge in [-0.2, -0.15) is 0 Å². The molecule has 0 spiro atoms. The SMILES string of the molecule is CC(C)NC(=O)N1CCC(CN)(c2ccccc2)CC1. The molecule has 1 aliphatic rings. The summed E-state index contributed by atoms with van der Waals surface area (Å²) in [6.45, 7) is 6.14. The summed E-state index contributed by atoms with van der Waals surface area (Å²) in [4.78, 5) is 13.9. The maximum Gasteiger partial charge on any atom is 0.317 e. The summed E-state index contributed by atoms with van der Waals surface area (Å²) >= 11 is 0. The van der Waals surface area contributed by atoms with Gasteiger partial charge in [0.25, 0.3) is 0 Å². The highest BCUT2D eigenvalue weighted by Gasteiger charge is 2.36. The highest BCUT2D eigenvalue weighted by Crippen LogP contribution is 2.34. The van der Waals surface area contributed by atoms with Crippen molar-refractivity contribution in [2.75, 3.05) is 19.6 Å². The molecule has 3 N–H and O–H groups in total. The van der Waals surface area contributed by atoms with Gasteiger partial charge >= 0.3 is 6.03 Å². The minimum atomic E-state index is 0.0237. The first-order valence-corrected chi connectivity index (χ1v) is 7.38. The van der Waals surface area contributed by atoms with Crippen LogP contribution in [0.2, 0.25) is 0 Å². The van der Waals surface area contributed by atoms with Gasteiger partial charge in [-0.25, -0.2) is 4.79 Å². The van der Waals surface area contributed by atoms with Gasteiger partial charge in [-0.05, 0) is 32.3 Å². The third kappa shape index (κ3) is 3.12. The van der Waals surface area contributed by atoms with Crippen LogP contribution in [0.5, 0.6) is 0 Å². The van der Waals surface area contributed by atoms with Crippen molar-refractivity contribution in [2.45, 2.75) is 38.1 Å². The van der Waals surface area contributed by atoms with Gasteiger partial charge in [0.05, 0.1) is 0 Å². The predicted molar refractivity (Wildman–Crippen MR) is 81.6 cm³/mol. The maximum absolute atomic E-state index is 12.0. The van der Waals surface area contributed by atoms with E-state index in [9.17, 15) is 4.79 Å². The average Bonchev–Trinajstić information content (AvgIpc) is 2.47. The van der Waals surface area contributed by atoms with Crippen LogP contribution < -0.4 is 11.1 Å². The Bertz CT molecular complexity index is 436. The summed E-state index contributed by atoms with van der Waals surface area (Å²) in [5, 5.41) is 2.95. The van der Waals surface area contributed by atoms with Crippen LogP contribution in [0.4, 0.5) is 4.79 Å². The Hall–Kier alpha value is -1.55. The first-order chi connectivity index (χ1) is 9.57. The zero-order valence-corrected chi connectivity index (χ0v) is 12.4. The number of rotatable bonds is 3. The van der Waals surface area contributed by atoms with E-state index in [0.717, 1.165) is 25.9 Å². The van der Waals surface area contributed by atoms with Crippen LogP contribution in [0.25, 0.3) is 0 Å². The van der Waals surface area contributed by atoms with Crippen LogP contribution >= 0.6 is 0 Å². The zero-order chi connectivity index (χ0) is 14.6. The fourth-order valence-corrected chi connectivity index (χ4v) is 2.88. The van der Waals surface area contributed by atoms with E-state index in [0.29, 0.717) is 6.54 Å². The van der Waals surface area contributed by atoms with Gasteiger partial charge in [-0.3, -0.25) is 0 Å². The van der Waals surface area contributed by atoms with Crippen molar-refractivity contribution in [1.82, 2.24) is 10.2 Å². The number of amides is 2. The molecule has 0 bridgehead atoms. The number of hydrogen-bond donors (Lipinski definition) is 2. The van der Waals surface area contributed by atoms with Crippen molar-refractivity contribution in [3.63, 3.8) is 0 Å². The quantitative estimate of drug-likeness (QED) is 0.887. The monoisotopic (exact) mass is 275 g/mol. The van der Waals surface area contributed by atoms with E-state index in [1.807, 2.05) is 24.8 Å². The summed E-state index contributed by atoms with van der Waals surface area (Å²) in [5.74, 6) is 0. The number of benzene rings is 1. The number of carbonyl (C=O) groups excluding carboxylic acids is 1. The molecular formula is C16H25N3O. The Balaban J connectivity index is 2.03. The van der Waals surface area contributed by atoms with E-state index in [2.05, 4.69) is 29.6 Å². The van der Waals surface area contributed by atoms with Gasteiger partial charge in [-0.1, -0.05) is 30.3 Å². The van der Waals surface area contributed by atoms with Gasteiger partial charge in [0.1, 0.15) is 0 Å². The normalized spacial score (nSPS) is 18.1. The molecule has 0 atom stereocenters. The van der Waals surface area contributed by atoms with Crippen LogP contribution in [-0.2, 0) is 5.41 Å². The lowest BCUT2D eigenvalue weighted by atomic mass is 9.73. The van der Waals surface area contributed by atoms with Crippen molar-refractivity contribution in [1.29, 1.82) is 0 Å². The third-order valence-corrected chi connectivity index (χ3v) is 4.20. The lowest BCUT2D eigenvalue weighted by Gasteiger charge is -2.41. The van der Waals surface area contributed by atoms with E-state index in [1.165, 1.54) is 5.56 Å². The molecule has 2 amide bonds. The molecule has 0 aliphatic carbocycles. The second-order valence-electron chi connectivity index (χ2n) is 5.94. The summed E-state index contributed by atoms with van der Waals surface area (Å²) < 4.78 is 0. The highest BCUT2D eigenvalue weighted by atomic mass is 16.2. The molecular weight excluding hydrogens is 250 g/mol. The summed E-state index contributed by atoms with van der Waals surface area (Å²) in [6, 6.07) is 10.7. The molecule has 1 aromatic carbocycles. The fraction of sp³-hybridized carbons (Fsp3) is 0.562. The molecule has 1 aromatic rings. The van der Waals surface area contributed by atoms with Crippen molar-refractivity contribution < 1.29 is 4.79 Å². The number of nitrogens with zero attached hydrogens (tertiary/aromatic N) is 1. The molecule has 0 aromatic heterocycles. The van der Waals surface area contributed by atoms with Crippen LogP contribution in [0.15, 0.2) is 30.3 Å². The fourth-order valence-electron chi connectivity index (χ4n) is 2.88. The van der Waals surface area contributed by atoms with E-state index >= 15 is 0 Å². The molecule has 20 heavy (non-hydrogen) atoms. The average molecular weight is 275 g/mol. The van der Waals surface area contributed by atoms with E-state index < -0.39 is 0 Å². The number of carbonyl (C=O) groups is 1. The molecule has 2 rings (SSSR count). The molecule has 0 saturated carbocycles. The number of piperidine rings is 1. The largest absolute Gasteiger partial charge is 0.336 e. The minimum absolute atomic E-state index is 0.0237. The van der Waals surface area contributed by atoms with Gasteiger partial charge in [-0.15, -0.1) is 0 Å². The van der Waals surface area contributed by atoms with Crippen LogP contribution in [0.1, 0.15) is 32.3 Å². The first-order valence-electron chi connectivity index (χ1n) is 7.38. The summed E-state index contributed by atoms with van der Waals surface area (Å²) in [7, 11) is 0. The molecule has 110 valence electrons. The van der Waals surface area contributed by atoms with E-state index in [4.69, 9.17) is 5.73 Å². The first kappa shape index (κ1) is 14.9. The van der Waals surface area contributed by atoms with Crippen molar-refractivity contribution in [3.05, 3.63) is 35.9 Å². The van der Waals surface area contributed by atoms with Gasteiger partial charge in [0, 0.05) is 31.1 Å². The van der Waals surface area contributed by atoms with Crippen LogP contribution in [-0.4, -0.2) is 36.6 Å². The second-order valence-corrected chi connectivity index (χ2v) is 5.94. The Morgan fingerprint density at radius 3 is 2.40 bits per heavy atom. The van der Waals surface area contributed by atoms with Gasteiger partial charge in [0.15, 0.2) is 0 Å². The van der Waals surface area contributed by atoms with Gasteiger partial charge in [0.2, 0.25) is 0 Å². The maximum atomic E-state index is 12.0. The van der Waals surface area contributed by atoms with E-state index in [1.54, 1.807) is 0 Å². The standard InChI is InChI=1S/C16H25N3O/c1-13(2)18-15(20)19-10-8-16(12-17,9-11-19)14-6-4-3-5-7-14/h3-7,13H,8-12,17H2,1-2H3,(H,18,20). The van der Waals surface area contributed by atoms with Crippen LogP contribution in [0.3, 0.4) is 0 Å². The van der Waals surface area contributed by atoms with Crippen LogP contribution in [0, 0.1) is 0 Å². The molecule has 1 fully saturated rings. The number of nitrogens with two attached hydrogens (primary N) is 1. The number of nitrogens with one attached hydrogen (secondary N) is 1. The van der Waals surface area contributed by atoms with Crippen molar-refractivity contribution in [3.8, 4) is 0 Å². The molecule has 0 unspecified atom stereocenters. The molecule has 0 radical (unpaired) electrons. The molecule has 4 heteroatoms. The number of urea groups is 1. The van der Waals surface area contributed by atoms with E-state index in [-0.39, 0.29) is 17.5 Å². The number of likely N-dealkylation sites (tertiary alicyclic amines) is 1. The van der Waals surface area contributed by atoms with Gasteiger partial charge < -0.3 is 16.0 Å². The third-order valence-electron chi connectivity index (χ3n) is 4.20.